The molecule has 1 heterocycles. The molecule has 0 aliphatic rings. The van der Waals surface area contributed by atoms with Crippen LogP contribution in [-0.4, -0.2) is 47.1 Å². The lowest BCUT2D eigenvalue weighted by atomic mass is 10.3. The molecule has 0 saturated heterocycles. The van der Waals surface area contributed by atoms with E-state index in [2.05, 4.69) is 16.8 Å². The Labute approximate surface area is 112 Å². The molecule has 0 fully saturated rings. The molecule has 19 heavy (non-hydrogen) atoms. The van der Waals surface area contributed by atoms with Crippen molar-refractivity contribution in [1.29, 1.82) is 0 Å². The van der Waals surface area contributed by atoms with Crippen LogP contribution in [0.25, 0.3) is 0 Å². The zero-order chi connectivity index (χ0) is 14.6. The number of hydrogen-bond donors (Lipinski definition) is 2. The van der Waals surface area contributed by atoms with Gasteiger partial charge in [0.1, 0.15) is 5.56 Å². The molecule has 1 aromatic rings. The number of aryl methyl sites for hydroxylation is 1. The standard InChI is InChI=1S/C11H17N3O4S/c1-4-6-14(7-5-2)19(17,18)10-9(11(15)16)8(3)12-13-10/h4H,1,5-7H2,2-3H3,(H,12,13)(H,15,16). The summed E-state index contributed by atoms with van der Waals surface area (Å²) in [4.78, 5) is 11.1. The predicted octanol–water partition coefficient (Wildman–Crippen LogP) is 1.00. The average molecular weight is 287 g/mol. The quantitative estimate of drug-likeness (QED) is 0.728. The smallest absolute Gasteiger partial charge is 0.340 e. The second kappa shape index (κ2) is 5.98. The summed E-state index contributed by atoms with van der Waals surface area (Å²) >= 11 is 0. The SMILES string of the molecule is C=CCN(CCC)S(=O)(=O)c1n[nH]c(C)c1C(=O)O. The Morgan fingerprint density at radius 2 is 2.21 bits per heavy atom. The van der Waals surface area contributed by atoms with E-state index in [0.717, 1.165) is 4.31 Å². The highest BCUT2D eigenvalue weighted by atomic mass is 32.2. The predicted molar refractivity (Wildman–Crippen MR) is 69.5 cm³/mol. The van der Waals surface area contributed by atoms with Crippen molar-refractivity contribution in [2.24, 2.45) is 0 Å². The number of carboxylic acid groups (broad SMARTS) is 1. The van der Waals surface area contributed by atoms with Crippen molar-refractivity contribution in [3.8, 4) is 0 Å². The minimum atomic E-state index is -3.94. The third kappa shape index (κ3) is 3.02. The van der Waals surface area contributed by atoms with Gasteiger partial charge in [-0.2, -0.15) is 9.40 Å². The van der Waals surface area contributed by atoms with Gasteiger partial charge in [0.2, 0.25) is 5.03 Å². The van der Waals surface area contributed by atoms with E-state index >= 15 is 0 Å². The number of carbonyl (C=O) groups is 1. The van der Waals surface area contributed by atoms with Crippen LogP contribution in [-0.2, 0) is 10.0 Å². The molecule has 1 aromatic heterocycles. The van der Waals surface area contributed by atoms with E-state index in [-0.39, 0.29) is 24.3 Å². The van der Waals surface area contributed by atoms with Crippen LogP contribution in [0, 0.1) is 6.92 Å². The molecule has 0 spiro atoms. The number of aromatic nitrogens is 2. The fourth-order valence-corrected chi connectivity index (χ4v) is 3.30. The maximum absolute atomic E-state index is 12.4. The largest absolute Gasteiger partial charge is 0.478 e. The first-order chi connectivity index (χ1) is 8.86. The number of rotatable bonds is 7. The molecule has 0 unspecified atom stereocenters. The zero-order valence-corrected chi connectivity index (χ0v) is 11.7. The fraction of sp³-hybridized carbons (Fsp3) is 0.455. The topological polar surface area (TPSA) is 103 Å². The monoisotopic (exact) mass is 287 g/mol. The maximum Gasteiger partial charge on any atom is 0.340 e. The van der Waals surface area contributed by atoms with Crippen molar-refractivity contribution in [3.05, 3.63) is 23.9 Å². The van der Waals surface area contributed by atoms with Gasteiger partial charge < -0.3 is 5.11 Å². The van der Waals surface area contributed by atoms with Crippen molar-refractivity contribution >= 4 is 16.0 Å². The van der Waals surface area contributed by atoms with Crippen LogP contribution in [0.3, 0.4) is 0 Å². The zero-order valence-electron chi connectivity index (χ0n) is 10.9. The van der Waals surface area contributed by atoms with Crippen LogP contribution in [0.2, 0.25) is 0 Å². The molecule has 106 valence electrons. The van der Waals surface area contributed by atoms with E-state index in [1.165, 1.54) is 13.0 Å². The van der Waals surface area contributed by atoms with Gasteiger partial charge in [-0.3, -0.25) is 5.10 Å². The van der Waals surface area contributed by atoms with Crippen LogP contribution in [0.4, 0.5) is 0 Å². The highest BCUT2D eigenvalue weighted by molar-refractivity contribution is 7.89. The van der Waals surface area contributed by atoms with Crippen LogP contribution in [0.1, 0.15) is 29.4 Å². The lowest BCUT2D eigenvalue weighted by Crippen LogP contribution is -2.33. The van der Waals surface area contributed by atoms with Gasteiger partial charge in [0, 0.05) is 18.8 Å². The average Bonchev–Trinajstić information content (AvgIpc) is 2.71. The number of nitrogens with one attached hydrogen (secondary N) is 1. The molecule has 0 aromatic carbocycles. The number of hydrogen-bond acceptors (Lipinski definition) is 4. The van der Waals surface area contributed by atoms with E-state index in [1.54, 1.807) is 0 Å². The van der Waals surface area contributed by atoms with Crippen molar-refractivity contribution in [3.63, 3.8) is 0 Å². The van der Waals surface area contributed by atoms with Gasteiger partial charge in [0.05, 0.1) is 0 Å². The van der Waals surface area contributed by atoms with E-state index in [4.69, 9.17) is 5.11 Å². The summed E-state index contributed by atoms with van der Waals surface area (Å²) in [6.45, 7) is 7.19. The first-order valence-corrected chi connectivity index (χ1v) is 7.19. The van der Waals surface area contributed by atoms with E-state index in [9.17, 15) is 13.2 Å². The molecule has 1 rings (SSSR count). The van der Waals surface area contributed by atoms with Gasteiger partial charge in [0.15, 0.2) is 0 Å². The van der Waals surface area contributed by atoms with Gasteiger partial charge in [-0.05, 0) is 13.3 Å². The molecule has 7 nitrogen and oxygen atoms in total. The number of nitrogens with zero attached hydrogens (tertiary/aromatic N) is 2. The summed E-state index contributed by atoms with van der Waals surface area (Å²) in [6, 6.07) is 0. The lowest BCUT2D eigenvalue weighted by Gasteiger charge is -2.18. The van der Waals surface area contributed by atoms with Crippen molar-refractivity contribution in [1.82, 2.24) is 14.5 Å². The second-order valence-electron chi connectivity index (χ2n) is 3.99. The molecule has 2 N–H and O–H groups in total. The summed E-state index contributed by atoms with van der Waals surface area (Å²) in [5.74, 6) is -1.32. The number of sulfonamides is 1. The van der Waals surface area contributed by atoms with Crippen LogP contribution >= 0.6 is 0 Å². The van der Waals surface area contributed by atoms with E-state index in [0.29, 0.717) is 6.42 Å². The molecular weight excluding hydrogens is 270 g/mol. The number of H-pyrrole nitrogens is 1. The van der Waals surface area contributed by atoms with E-state index < -0.39 is 21.0 Å². The Balaban J connectivity index is 3.33. The molecular formula is C11H17N3O4S. The Hall–Kier alpha value is -1.67. The summed E-state index contributed by atoms with van der Waals surface area (Å²) in [5, 5.41) is 14.7. The molecule has 0 aliphatic heterocycles. The van der Waals surface area contributed by atoms with Crippen molar-refractivity contribution in [2.45, 2.75) is 25.3 Å². The highest BCUT2D eigenvalue weighted by Crippen LogP contribution is 2.20. The molecule has 0 radical (unpaired) electrons. The number of aromatic carboxylic acids is 1. The summed E-state index contributed by atoms with van der Waals surface area (Å²) in [6.07, 6.45) is 2.06. The van der Waals surface area contributed by atoms with Crippen molar-refractivity contribution in [2.75, 3.05) is 13.1 Å². The van der Waals surface area contributed by atoms with Crippen LogP contribution < -0.4 is 0 Å². The van der Waals surface area contributed by atoms with Gasteiger partial charge in [-0.25, -0.2) is 13.2 Å². The normalized spacial score (nSPS) is 11.7. The third-order valence-corrected chi connectivity index (χ3v) is 4.31. The van der Waals surface area contributed by atoms with Gasteiger partial charge in [-0.15, -0.1) is 6.58 Å². The Morgan fingerprint density at radius 1 is 1.58 bits per heavy atom. The second-order valence-corrected chi connectivity index (χ2v) is 5.84. The molecule has 8 heteroatoms. The Bertz CT molecular complexity index is 577. The first kappa shape index (κ1) is 15.4. The minimum Gasteiger partial charge on any atom is -0.478 e. The number of aromatic amines is 1. The van der Waals surface area contributed by atoms with Gasteiger partial charge in [-0.1, -0.05) is 13.0 Å². The van der Waals surface area contributed by atoms with E-state index in [1.807, 2.05) is 6.92 Å². The molecule has 0 atom stereocenters. The van der Waals surface area contributed by atoms with Crippen molar-refractivity contribution < 1.29 is 18.3 Å². The Morgan fingerprint density at radius 3 is 2.68 bits per heavy atom. The highest BCUT2D eigenvalue weighted by Gasteiger charge is 2.32. The van der Waals surface area contributed by atoms with Crippen LogP contribution in [0.5, 0.6) is 0 Å². The first-order valence-electron chi connectivity index (χ1n) is 5.75. The van der Waals surface area contributed by atoms with Gasteiger partial charge >= 0.3 is 5.97 Å². The lowest BCUT2D eigenvalue weighted by molar-refractivity contribution is 0.0691. The summed E-state index contributed by atoms with van der Waals surface area (Å²) in [5.41, 5.74) is -0.105. The Kier molecular flexibility index (Phi) is 4.84. The number of carboxylic acids is 1. The van der Waals surface area contributed by atoms with Gasteiger partial charge in [0.25, 0.3) is 10.0 Å². The molecule has 0 saturated carbocycles. The fourth-order valence-electron chi connectivity index (χ4n) is 1.67. The third-order valence-electron chi connectivity index (χ3n) is 2.52. The molecule has 0 bridgehead atoms. The van der Waals surface area contributed by atoms with Crippen LogP contribution in [0.15, 0.2) is 17.7 Å². The summed E-state index contributed by atoms with van der Waals surface area (Å²) in [7, 11) is -3.94. The molecule has 0 aliphatic carbocycles. The maximum atomic E-state index is 12.4. The minimum absolute atomic E-state index is 0.112. The molecule has 0 amide bonds. The summed E-state index contributed by atoms with van der Waals surface area (Å²) < 4.78 is 25.9.